The fourth-order valence-electron chi connectivity index (χ4n) is 3.70. The number of aryl methyl sites for hydroxylation is 1. The maximum Gasteiger partial charge on any atom is 0.271 e. The van der Waals surface area contributed by atoms with Gasteiger partial charge >= 0.3 is 0 Å². The Balaban J connectivity index is 1.50. The molecule has 2 N–H and O–H groups in total. The first kappa shape index (κ1) is 21.7. The minimum absolute atomic E-state index is 0.196. The molecule has 0 fully saturated rings. The molecular formula is C23H17F2N5O3S. The normalized spacial score (nSPS) is 11.9. The number of pyridine rings is 1. The lowest BCUT2D eigenvalue weighted by atomic mass is 10.1. The van der Waals surface area contributed by atoms with Crippen LogP contribution in [0.5, 0.6) is 0 Å². The molecule has 3 aromatic heterocycles. The molecule has 0 atom stereocenters. The summed E-state index contributed by atoms with van der Waals surface area (Å²) in [4.78, 5) is 23.1. The zero-order chi connectivity index (χ0) is 24.0. The van der Waals surface area contributed by atoms with E-state index in [1.165, 1.54) is 13.2 Å². The molecule has 0 amide bonds. The van der Waals surface area contributed by atoms with Crippen LogP contribution in [-0.2, 0) is 23.4 Å². The van der Waals surface area contributed by atoms with E-state index in [1.807, 2.05) is 30.5 Å². The van der Waals surface area contributed by atoms with Gasteiger partial charge in [-0.05, 0) is 47.3 Å². The minimum Gasteiger partial charge on any atom is -0.361 e. The second-order valence-electron chi connectivity index (χ2n) is 7.68. The first-order valence-electron chi connectivity index (χ1n) is 10.1. The largest absolute Gasteiger partial charge is 0.361 e. The van der Waals surface area contributed by atoms with Crippen LogP contribution in [0.15, 0.2) is 75.5 Å². The first-order chi connectivity index (χ1) is 16.2. The van der Waals surface area contributed by atoms with E-state index in [0.29, 0.717) is 12.6 Å². The number of anilines is 1. The van der Waals surface area contributed by atoms with Gasteiger partial charge in [0.05, 0.1) is 0 Å². The quantitative estimate of drug-likeness (QED) is 0.372. The number of benzene rings is 2. The van der Waals surface area contributed by atoms with Gasteiger partial charge in [0.15, 0.2) is 0 Å². The second kappa shape index (κ2) is 8.03. The molecule has 0 saturated heterocycles. The number of aromatic nitrogens is 4. The van der Waals surface area contributed by atoms with Gasteiger partial charge in [0.2, 0.25) is 15.8 Å². The van der Waals surface area contributed by atoms with Gasteiger partial charge in [-0.1, -0.05) is 6.07 Å². The first-order valence-corrected chi connectivity index (χ1v) is 11.6. The van der Waals surface area contributed by atoms with Crippen molar-refractivity contribution >= 4 is 37.7 Å². The Morgan fingerprint density at radius 1 is 1.03 bits per heavy atom. The van der Waals surface area contributed by atoms with Gasteiger partial charge in [-0.2, -0.15) is 4.98 Å². The Morgan fingerprint density at radius 3 is 2.65 bits per heavy atom. The van der Waals surface area contributed by atoms with Crippen molar-refractivity contribution in [2.24, 2.45) is 7.05 Å². The molecule has 2 aromatic carbocycles. The zero-order valence-electron chi connectivity index (χ0n) is 17.7. The van der Waals surface area contributed by atoms with E-state index in [9.17, 15) is 22.0 Å². The van der Waals surface area contributed by atoms with E-state index in [2.05, 4.69) is 20.3 Å². The van der Waals surface area contributed by atoms with Gasteiger partial charge in [0.1, 0.15) is 27.1 Å². The summed E-state index contributed by atoms with van der Waals surface area (Å²) in [5.41, 5.74) is 1.32. The number of fused-ring (bicyclic) bond motifs is 2. The molecule has 0 aliphatic heterocycles. The number of rotatable bonds is 5. The van der Waals surface area contributed by atoms with Crippen molar-refractivity contribution < 1.29 is 17.2 Å². The lowest BCUT2D eigenvalue weighted by molar-refractivity contribution is 0.548. The van der Waals surface area contributed by atoms with Crippen molar-refractivity contribution in [3.63, 3.8) is 0 Å². The van der Waals surface area contributed by atoms with Crippen LogP contribution in [0.3, 0.4) is 0 Å². The molecule has 0 saturated carbocycles. The van der Waals surface area contributed by atoms with Crippen LogP contribution in [0, 0.1) is 11.6 Å². The molecule has 8 nitrogen and oxygen atoms in total. The Morgan fingerprint density at radius 2 is 1.85 bits per heavy atom. The topological polar surface area (TPSA) is 110 Å². The smallest absolute Gasteiger partial charge is 0.271 e. The maximum absolute atomic E-state index is 14.2. The van der Waals surface area contributed by atoms with E-state index in [1.54, 1.807) is 0 Å². The molecule has 0 unspecified atom stereocenters. The zero-order valence-corrected chi connectivity index (χ0v) is 18.5. The average molecular weight is 481 g/mol. The Labute approximate surface area is 191 Å². The van der Waals surface area contributed by atoms with Crippen LogP contribution in [0.2, 0.25) is 0 Å². The third-order valence-electron chi connectivity index (χ3n) is 5.46. The number of hydrogen-bond acceptors (Lipinski definition) is 6. The van der Waals surface area contributed by atoms with E-state index < -0.39 is 36.8 Å². The molecule has 0 radical (unpaired) electrons. The number of nitrogens with zero attached hydrogens (tertiary/aromatic N) is 3. The highest BCUT2D eigenvalue weighted by Crippen LogP contribution is 2.24. The monoisotopic (exact) mass is 481 g/mol. The number of halogens is 2. The van der Waals surface area contributed by atoms with Gasteiger partial charge in [-0.25, -0.2) is 22.2 Å². The summed E-state index contributed by atoms with van der Waals surface area (Å²) in [5.74, 6) is -1.96. The maximum atomic E-state index is 14.2. The molecule has 0 bridgehead atoms. The molecule has 5 rings (SSSR count). The molecule has 0 aliphatic rings. The molecule has 3 heterocycles. The number of sulfone groups is 1. The predicted molar refractivity (Wildman–Crippen MR) is 122 cm³/mol. The van der Waals surface area contributed by atoms with Crippen molar-refractivity contribution in [1.82, 2.24) is 19.5 Å². The average Bonchev–Trinajstić information content (AvgIpc) is 3.27. The molecule has 34 heavy (non-hydrogen) atoms. The highest BCUT2D eigenvalue weighted by Gasteiger charge is 2.27. The third kappa shape index (κ3) is 3.69. The van der Waals surface area contributed by atoms with E-state index in [4.69, 9.17) is 0 Å². The highest BCUT2D eigenvalue weighted by atomic mass is 32.2. The van der Waals surface area contributed by atoms with Gasteiger partial charge in [0.25, 0.3) is 5.56 Å². The summed E-state index contributed by atoms with van der Waals surface area (Å²) in [6.45, 7) is 0.427. The Bertz CT molecular complexity index is 1750. The van der Waals surface area contributed by atoms with Crippen LogP contribution in [0.1, 0.15) is 5.56 Å². The summed E-state index contributed by atoms with van der Waals surface area (Å²) in [7, 11) is -3.19. The highest BCUT2D eigenvalue weighted by molar-refractivity contribution is 7.91. The summed E-state index contributed by atoms with van der Waals surface area (Å²) < 4.78 is 54.3. The Hall–Kier alpha value is -4.12. The molecule has 172 valence electrons. The van der Waals surface area contributed by atoms with Crippen LogP contribution in [0.25, 0.3) is 21.9 Å². The van der Waals surface area contributed by atoms with Crippen molar-refractivity contribution in [3.8, 4) is 0 Å². The van der Waals surface area contributed by atoms with Crippen LogP contribution in [0.4, 0.5) is 14.7 Å². The lowest BCUT2D eigenvalue weighted by Crippen LogP contribution is -2.25. The van der Waals surface area contributed by atoms with Gasteiger partial charge in [0, 0.05) is 43.0 Å². The van der Waals surface area contributed by atoms with E-state index >= 15 is 0 Å². The Kier molecular flexibility index (Phi) is 5.13. The summed E-state index contributed by atoms with van der Waals surface area (Å²) in [5, 5.41) is 4.42. The van der Waals surface area contributed by atoms with E-state index in [-0.39, 0.29) is 17.0 Å². The van der Waals surface area contributed by atoms with Gasteiger partial charge in [-0.15, -0.1) is 0 Å². The molecule has 5 aromatic rings. The van der Waals surface area contributed by atoms with Crippen molar-refractivity contribution in [2.75, 3.05) is 5.32 Å². The SMILES string of the molecule is Cn1c(=O)c(S(=O)(=O)c2ccc(F)cc2F)cc2cnc(NCc3ccc4[nH]ccc4c3)nc21. The molecular weight excluding hydrogens is 464 g/mol. The lowest BCUT2D eigenvalue weighted by Gasteiger charge is -2.11. The van der Waals surface area contributed by atoms with Crippen LogP contribution >= 0.6 is 0 Å². The number of aromatic amines is 1. The standard InChI is InChI=1S/C23H17F2N5O3S/c1-30-21-15(9-20(22(30)31)34(32,33)19-5-3-16(24)10-17(19)25)12-28-23(29-21)27-11-13-2-4-18-14(8-13)6-7-26-18/h2-10,12,26H,11H2,1H3,(H,27,28,29). The van der Waals surface area contributed by atoms with Gasteiger partial charge in [-0.3, -0.25) is 9.36 Å². The number of hydrogen-bond donors (Lipinski definition) is 2. The van der Waals surface area contributed by atoms with Crippen LogP contribution in [-0.4, -0.2) is 27.9 Å². The van der Waals surface area contributed by atoms with Crippen molar-refractivity contribution in [1.29, 1.82) is 0 Å². The van der Waals surface area contributed by atoms with Crippen molar-refractivity contribution in [2.45, 2.75) is 16.3 Å². The fourth-order valence-corrected chi connectivity index (χ4v) is 5.15. The van der Waals surface area contributed by atoms with Gasteiger partial charge < -0.3 is 10.3 Å². The molecule has 0 spiro atoms. The van der Waals surface area contributed by atoms with E-state index in [0.717, 1.165) is 39.2 Å². The van der Waals surface area contributed by atoms with Crippen LogP contribution < -0.4 is 10.9 Å². The summed E-state index contributed by atoms with van der Waals surface area (Å²) in [6.07, 6.45) is 3.23. The molecule has 0 aliphatic carbocycles. The molecule has 11 heteroatoms. The second-order valence-corrected chi connectivity index (χ2v) is 9.56. The summed E-state index contributed by atoms with van der Waals surface area (Å²) in [6, 6.07) is 11.0. The fraction of sp³-hybridized carbons (Fsp3) is 0.0870. The minimum atomic E-state index is -4.55. The third-order valence-corrected chi connectivity index (χ3v) is 7.24. The number of nitrogens with one attached hydrogen (secondary N) is 2. The summed E-state index contributed by atoms with van der Waals surface area (Å²) >= 11 is 0. The van der Waals surface area contributed by atoms with Crippen molar-refractivity contribution in [3.05, 3.63) is 88.5 Å². The number of H-pyrrole nitrogens is 1. The predicted octanol–water partition coefficient (Wildman–Crippen LogP) is 3.53.